The number of hydrogen-bond donors (Lipinski definition) is 2. The normalized spacial score (nSPS) is 18.9. The van der Waals surface area contributed by atoms with Crippen LogP contribution < -0.4 is 20.1 Å². The Morgan fingerprint density at radius 1 is 0.838 bits per heavy atom. The van der Waals surface area contributed by atoms with E-state index in [0.29, 0.717) is 25.6 Å². The molecule has 0 radical (unpaired) electrons. The van der Waals surface area contributed by atoms with Crippen molar-refractivity contribution in [2.75, 3.05) is 23.8 Å². The first-order valence-corrected chi connectivity index (χ1v) is 13.4. The van der Waals surface area contributed by atoms with Crippen molar-refractivity contribution in [2.45, 2.75) is 52.0 Å². The lowest BCUT2D eigenvalue weighted by Gasteiger charge is -2.30. The van der Waals surface area contributed by atoms with Crippen LogP contribution in [-0.4, -0.2) is 19.0 Å². The predicted molar refractivity (Wildman–Crippen MR) is 149 cm³/mol. The highest BCUT2D eigenvalue weighted by atomic mass is 16.5. The topological polar surface area (TPSA) is 59.6 Å². The second-order valence-corrected chi connectivity index (χ2v) is 10.4. The first-order chi connectivity index (χ1) is 18.0. The van der Waals surface area contributed by atoms with Gasteiger partial charge in [-0.25, -0.2) is 0 Å². The molecular formula is C32H36N2O3. The summed E-state index contributed by atoms with van der Waals surface area (Å²) in [7, 11) is 0. The third kappa shape index (κ3) is 5.66. The fourth-order valence-electron chi connectivity index (χ4n) is 5.05. The summed E-state index contributed by atoms with van der Waals surface area (Å²) in [4.78, 5) is 13.8. The summed E-state index contributed by atoms with van der Waals surface area (Å²) in [6.45, 7) is 7.77. The van der Waals surface area contributed by atoms with Gasteiger partial charge in [0.25, 0.3) is 0 Å². The molecule has 5 rings (SSSR count). The van der Waals surface area contributed by atoms with Crippen LogP contribution in [-0.2, 0) is 4.79 Å². The molecule has 2 unspecified atom stereocenters. The summed E-state index contributed by atoms with van der Waals surface area (Å²) in [5.74, 6) is 2.50. The third-order valence-electron chi connectivity index (χ3n) is 6.93. The molecule has 0 spiro atoms. The number of carbonyl (C=O) groups is 1. The van der Waals surface area contributed by atoms with Gasteiger partial charge in [-0.1, -0.05) is 57.2 Å². The molecule has 2 aliphatic rings. The lowest BCUT2D eigenvalue weighted by molar-refractivity contribution is -0.116. The van der Waals surface area contributed by atoms with E-state index in [9.17, 15) is 4.79 Å². The largest absolute Gasteiger partial charge is 0.494 e. The number of carbonyl (C=O) groups excluding carboxylic acids is 1. The zero-order valence-electron chi connectivity index (χ0n) is 21.9. The van der Waals surface area contributed by atoms with Crippen LogP contribution in [0.15, 0.2) is 84.1 Å². The molecule has 3 aromatic carbocycles. The molecule has 0 fully saturated rings. The predicted octanol–water partition coefficient (Wildman–Crippen LogP) is 7.49. The second kappa shape index (κ2) is 11.1. The molecule has 1 aliphatic heterocycles. The van der Waals surface area contributed by atoms with Crippen LogP contribution in [0.4, 0.5) is 11.4 Å². The van der Waals surface area contributed by atoms with Gasteiger partial charge < -0.3 is 20.1 Å². The first-order valence-electron chi connectivity index (χ1n) is 13.4. The summed E-state index contributed by atoms with van der Waals surface area (Å²) in [5.41, 5.74) is 6.02. The van der Waals surface area contributed by atoms with Crippen molar-refractivity contribution >= 4 is 17.2 Å². The number of hydrogen-bond acceptors (Lipinski definition) is 5. The maximum Gasteiger partial charge on any atom is 0.163 e. The number of anilines is 2. The number of benzene rings is 3. The Kier molecular flexibility index (Phi) is 7.50. The van der Waals surface area contributed by atoms with E-state index in [1.54, 1.807) is 0 Å². The van der Waals surface area contributed by atoms with Crippen LogP contribution in [0.1, 0.15) is 63.1 Å². The van der Waals surface area contributed by atoms with Gasteiger partial charge in [0.1, 0.15) is 11.5 Å². The quantitative estimate of drug-likeness (QED) is 0.338. The van der Waals surface area contributed by atoms with Crippen LogP contribution >= 0.6 is 0 Å². The number of ketones is 1. The van der Waals surface area contributed by atoms with Crippen molar-refractivity contribution in [2.24, 2.45) is 5.92 Å². The molecule has 0 saturated carbocycles. The van der Waals surface area contributed by atoms with Crippen LogP contribution in [0.3, 0.4) is 0 Å². The van der Waals surface area contributed by atoms with E-state index < -0.39 is 0 Å². The average molecular weight is 497 g/mol. The minimum absolute atomic E-state index is 0.119. The van der Waals surface area contributed by atoms with Crippen LogP contribution in [0.2, 0.25) is 0 Å². The molecule has 0 saturated heterocycles. The molecule has 0 aromatic heterocycles. The van der Waals surface area contributed by atoms with E-state index in [1.807, 2.05) is 36.4 Å². The molecule has 5 nitrogen and oxygen atoms in total. The molecule has 0 amide bonds. The molecule has 192 valence electrons. The third-order valence-corrected chi connectivity index (χ3v) is 6.93. The maximum absolute atomic E-state index is 13.8. The van der Waals surface area contributed by atoms with Gasteiger partial charge in [0.2, 0.25) is 0 Å². The number of rotatable bonds is 8. The van der Waals surface area contributed by atoms with Gasteiger partial charge in [-0.2, -0.15) is 0 Å². The summed E-state index contributed by atoms with van der Waals surface area (Å²) < 4.78 is 11.6. The van der Waals surface area contributed by atoms with Crippen molar-refractivity contribution in [1.29, 1.82) is 0 Å². The second-order valence-electron chi connectivity index (χ2n) is 10.4. The Hall–Kier alpha value is -3.73. The number of fused-ring (bicyclic) bond motifs is 1. The minimum atomic E-state index is -0.230. The van der Waals surface area contributed by atoms with E-state index >= 15 is 0 Å². The van der Waals surface area contributed by atoms with Gasteiger partial charge in [0.15, 0.2) is 5.78 Å². The molecule has 1 aliphatic carbocycles. The van der Waals surface area contributed by atoms with E-state index in [0.717, 1.165) is 58.1 Å². The lowest BCUT2D eigenvalue weighted by atomic mass is 9.78. The Balaban J connectivity index is 1.45. The van der Waals surface area contributed by atoms with Crippen molar-refractivity contribution < 1.29 is 14.3 Å². The molecule has 1 heterocycles. The first kappa shape index (κ1) is 24.9. The van der Waals surface area contributed by atoms with Crippen molar-refractivity contribution in [3.63, 3.8) is 0 Å². The lowest BCUT2D eigenvalue weighted by Crippen LogP contribution is -2.26. The van der Waals surface area contributed by atoms with Gasteiger partial charge in [0.05, 0.1) is 30.6 Å². The van der Waals surface area contributed by atoms with E-state index in [4.69, 9.17) is 9.47 Å². The summed E-state index contributed by atoms with van der Waals surface area (Å²) in [6.07, 6.45) is 2.23. The van der Waals surface area contributed by atoms with Crippen molar-refractivity contribution in [3.8, 4) is 11.5 Å². The highest BCUT2D eigenvalue weighted by Crippen LogP contribution is 2.44. The Bertz CT molecular complexity index is 1260. The molecule has 2 N–H and O–H groups in total. The molecular weight excluding hydrogens is 460 g/mol. The van der Waals surface area contributed by atoms with Crippen LogP contribution in [0.25, 0.3) is 0 Å². The van der Waals surface area contributed by atoms with E-state index in [1.165, 1.54) is 0 Å². The van der Waals surface area contributed by atoms with E-state index in [-0.39, 0.29) is 17.7 Å². The monoisotopic (exact) mass is 496 g/mol. The average Bonchev–Trinajstić information content (AvgIpc) is 3.08. The Labute approximate surface area is 219 Å². The minimum Gasteiger partial charge on any atom is -0.494 e. The smallest absolute Gasteiger partial charge is 0.163 e. The zero-order valence-corrected chi connectivity index (χ0v) is 21.9. The molecule has 37 heavy (non-hydrogen) atoms. The molecule has 0 bridgehead atoms. The Morgan fingerprint density at radius 2 is 1.49 bits per heavy atom. The fraction of sp³-hybridized carbons (Fsp3) is 0.344. The van der Waals surface area contributed by atoms with Gasteiger partial charge >= 0.3 is 0 Å². The number of Topliss-reactive ketones (excluding diaryl/α,β-unsaturated/α-hetero) is 1. The van der Waals surface area contributed by atoms with Crippen LogP contribution in [0.5, 0.6) is 11.5 Å². The molecule has 3 aromatic rings. The summed E-state index contributed by atoms with van der Waals surface area (Å²) in [5, 5.41) is 7.28. The Morgan fingerprint density at radius 3 is 2.16 bits per heavy atom. The van der Waals surface area contributed by atoms with Crippen molar-refractivity contribution in [3.05, 3.63) is 95.2 Å². The highest BCUT2D eigenvalue weighted by molar-refractivity contribution is 6.01. The van der Waals surface area contributed by atoms with Crippen molar-refractivity contribution in [1.82, 2.24) is 0 Å². The number of ether oxygens (including phenoxy) is 2. The number of allylic oxidation sites excluding steroid dienone is 1. The number of nitrogens with one attached hydrogen (secondary N) is 2. The standard InChI is InChI=1S/C32H36N2O3/c1-4-17-36-25-15-11-23(12-16-25)32-31-29(33-27-7-5-6-8-28(27)34-32)18-24(19-30(31)35)22-9-13-26(14-10-22)37-20-21(2)3/h5-16,21,24,32-34H,4,17-20H2,1-3H3. The van der Waals surface area contributed by atoms with E-state index in [2.05, 4.69) is 67.8 Å². The van der Waals surface area contributed by atoms with Gasteiger partial charge in [-0.05, 0) is 72.2 Å². The van der Waals surface area contributed by atoms with Gasteiger partial charge in [0, 0.05) is 17.7 Å². The summed E-state index contributed by atoms with van der Waals surface area (Å²) in [6, 6.07) is 24.3. The molecule has 2 atom stereocenters. The van der Waals surface area contributed by atoms with Gasteiger partial charge in [-0.15, -0.1) is 0 Å². The fourth-order valence-corrected chi connectivity index (χ4v) is 5.05. The maximum atomic E-state index is 13.8. The number of para-hydroxylation sites is 2. The van der Waals surface area contributed by atoms with Gasteiger partial charge in [-0.3, -0.25) is 4.79 Å². The highest BCUT2D eigenvalue weighted by Gasteiger charge is 2.36. The molecule has 5 heteroatoms. The zero-order chi connectivity index (χ0) is 25.8. The summed E-state index contributed by atoms with van der Waals surface area (Å²) >= 11 is 0. The van der Waals surface area contributed by atoms with Crippen LogP contribution in [0, 0.1) is 5.92 Å². The SMILES string of the molecule is CCCOc1ccc(C2Nc3ccccc3NC3=C2C(=O)CC(c2ccc(OCC(C)C)cc2)C3)cc1.